The highest BCUT2D eigenvalue weighted by Crippen LogP contribution is 2.33. The van der Waals surface area contributed by atoms with Gasteiger partial charge in [0.05, 0.1) is 22.1 Å². The van der Waals surface area contributed by atoms with E-state index in [9.17, 15) is 18.0 Å². The monoisotopic (exact) mass is 396 g/mol. The minimum Gasteiger partial charge on any atom is -0.353 e. The first-order valence-corrected chi connectivity index (χ1v) is 11.6. The summed E-state index contributed by atoms with van der Waals surface area (Å²) in [6.45, 7) is 2.13. The van der Waals surface area contributed by atoms with Crippen molar-refractivity contribution in [2.45, 2.75) is 54.9 Å². The summed E-state index contributed by atoms with van der Waals surface area (Å²) in [6.07, 6.45) is 4.30. The highest BCUT2D eigenvalue weighted by molar-refractivity contribution is 8.00. The van der Waals surface area contributed by atoms with Crippen molar-refractivity contribution in [2.75, 3.05) is 16.8 Å². The van der Waals surface area contributed by atoms with Crippen LogP contribution in [0.2, 0.25) is 0 Å². The van der Waals surface area contributed by atoms with Gasteiger partial charge in [-0.1, -0.05) is 19.8 Å². The number of carbonyl (C=O) groups is 2. The molecule has 0 saturated heterocycles. The Hall–Kier alpha value is -1.54. The number of anilines is 1. The zero-order valence-electron chi connectivity index (χ0n) is 14.8. The van der Waals surface area contributed by atoms with Crippen LogP contribution in [0.25, 0.3) is 0 Å². The molecular weight excluding hydrogens is 372 g/mol. The summed E-state index contributed by atoms with van der Waals surface area (Å²) >= 11 is 1.38. The summed E-state index contributed by atoms with van der Waals surface area (Å²) < 4.78 is 25.1. The minimum atomic E-state index is -3.58. The molecule has 2 aliphatic rings. The second-order valence-electron chi connectivity index (χ2n) is 7.00. The molecule has 1 aromatic carbocycles. The number of rotatable bonds is 5. The van der Waals surface area contributed by atoms with Gasteiger partial charge < -0.3 is 10.6 Å². The number of hydrogen-bond donors (Lipinski definition) is 2. The molecule has 1 aliphatic heterocycles. The highest BCUT2D eigenvalue weighted by Gasteiger charge is 2.25. The Labute approximate surface area is 158 Å². The Morgan fingerprint density at radius 1 is 1.31 bits per heavy atom. The Morgan fingerprint density at radius 2 is 2.08 bits per heavy atom. The van der Waals surface area contributed by atoms with Crippen LogP contribution >= 0.6 is 11.8 Å². The molecule has 1 saturated carbocycles. The van der Waals surface area contributed by atoms with Crippen molar-refractivity contribution in [1.29, 1.82) is 0 Å². The molecule has 142 valence electrons. The van der Waals surface area contributed by atoms with Crippen LogP contribution in [0, 0.1) is 5.92 Å². The maximum atomic E-state index is 12.6. The first-order chi connectivity index (χ1) is 12.3. The summed E-state index contributed by atoms with van der Waals surface area (Å²) in [5.41, 5.74) is 0.521. The summed E-state index contributed by atoms with van der Waals surface area (Å²) in [5, 5.41) is 5.68. The molecule has 0 bridgehead atoms. The topological polar surface area (TPSA) is 92.3 Å². The smallest absolute Gasteiger partial charge is 0.234 e. The van der Waals surface area contributed by atoms with E-state index < -0.39 is 9.84 Å². The number of amides is 2. The molecule has 0 aromatic heterocycles. The molecule has 2 atom stereocenters. The number of benzene rings is 1. The van der Waals surface area contributed by atoms with E-state index in [0.717, 1.165) is 24.2 Å². The molecule has 2 amide bonds. The fourth-order valence-electron chi connectivity index (χ4n) is 3.41. The molecule has 3 rings (SSSR count). The molecule has 26 heavy (non-hydrogen) atoms. The average Bonchev–Trinajstić information content (AvgIpc) is 2.61. The third-order valence-corrected chi connectivity index (χ3v) is 7.79. The van der Waals surface area contributed by atoms with Gasteiger partial charge in [0.25, 0.3) is 0 Å². The first-order valence-electron chi connectivity index (χ1n) is 8.94. The second-order valence-corrected chi connectivity index (χ2v) is 10.1. The molecule has 1 heterocycles. The van der Waals surface area contributed by atoms with Crippen LogP contribution in [0.4, 0.5) is 5.69 Å². The van der Waals surface area contributed by atoms with Gasteiger partial charge in [-0.15, -0.1) is 11.8 Å². The molecule has 2 N–H and O–H groups in total. The van der Waals surface area contributed by atoms with Crippen molar-refractivity contribution in [3.05, 3.63) is 18.2 Å². The lowest BCUT2D eigenvalue weighted by molar-refractivity contribution is -0.122. The van der Waals surface area contributed by atoms with Gasteiger partial charge in [-0.2, -0.15) is 0 Å². The van der Waals surface area contributed by atoms with Crippen molar-refractivity contribution >= 4 is 39.1 Å². The quantitative estimate of drug-likeness (QED) is 0.798. The maximum absolute atomic E-state index is 12.6. The van der Waals surface area contributed by atoms with E-state index in [0.29, 0.717) is 17.4 Å². The van der Waals surface area contributed by atoms with Gasteiger partial charge in [-0.05, 0) is 37.0 Å². The largest absolute Gasteiger partial charge is 0.353 e. The number of sulfone groups is 1. The molecule has 0 unspecified atom stereocenters. The normalized spacial score (nSPS) is 23.0. The minimum absolute atomic E-state index is 0.0518. The van der Waals surface area contributed by atoms with E-state index in [4.69, 9.17) is 0 Å². The average molecular weight is 397 g/mol. The van der Waals surface area contributed by atoms with Crippen LogP contribution < -0.4 is 10.6 Å². The van der Waals surface area contributed by atoms with Crippen LogP contribution in [-0.4, -0.2) is 37.8 Å². The van der Waals surface area contributed by atoms with E-state index in [2.05, 4.69) is 17.6 Å². The molecule has 1 aliphatic carbocycles. The van der Waals surface area contributed by atoms with Gasteiger partial charge in [-0.3, -0.25) is 9.59 Å². The zero-order chi connectivity index (χ0) is 18.7. The molecule has 1 fully saturated rings. The van der Waals surface area contributed by atoms with E-state index >= 15 is 0 Å². The van der Waals surface area contributed by atoms with Gasteiger partial charge in [-0.25, -0.2) is 8.42 Å². The third-order valence-electron chi connectivity index (χ3n) is 5.00. The molecule has 0 spiro atoms. The molecule has 8 heteroatoms. The summed E-state index contributed by atoms with van der Waals surface area (Å²) in [6, 6.07) is 4.88. The predicted octanol–water partition coefficient (Wildman–Crippen LogP) is 2.59. The van der Waals surface area contributed by atoms with E-state index in [1.807, 2.05) is 0 Å². The Balaban J connectivity index is 1.61. The lowest BCUT2D eigenvalue weighted by Crippen LogP contribution is -2.41. The van der Waals surface area contributed by atoms with E-state index in [1.54, 1.807) is 12.1 Å². The van der Waals surface area contributed by atoms with Crippen LogP contribution in [0.5, 0.6) is 0 Å². The zero-order valence-corrected chi connectivity index (χ0v) is 16.4. The third kappa shape index (κ3) is 4.59. The number of hydrogen-bond acceptors (Lipinski definition) is 5. The van der Waals surface area contributed by atoms with E-state index in [-0.39, 0.29) is 34.9 Å². The Kier molecular flexibility index (Phi) is 5.92. The Bertz CT molecular complexity index is 807. The summed E-state index contributed by atoms with van der Waals surface area (Å²) in [5.74, 6) is 0.178. The summed E-state index contributed by atoms with van der Waals surface area (Å²) in [7, 11) is -3.58. The number of nitrogens with one attached hydrogen (secondary N) is 2. The van der Waals surface area contributed by atoms with Gasteiger partial charge in [0.1, 0.15) is 0 Å². The SMILES string of the molecule is C[C@H]1CCCC[C@@H]1NC(=O)CCS(=O)(=O)c1ccc2c(c1)NC(=O)CS2. The lowest BCUT2D eigenvalue weighted by Gasteiger charge is -2.29. The van der Waals surface area contributed by atoms with Crippen LogP contribution in [0.1, 0.15) is 39.0 Å². The number of thioether (sulfide) groups is 1. The molecular formula is C18H24N2O4S2. The van der Waals surface area contributed by atoms with Gasteiger partial charge in [0.2, 0.25) is 11.8 Å². The lowest BCUT2D eigenvalue weighted by atomic mass is 9.86. The number of fused-ring (bicyclic) bond motifs is 1. The van der Waals surface area contributed by atoms with Crippen LogP contribution in [0.15, 0.2) is 28.0 Å². The standard InChI is InChI=1S/C18H24N2O4S2/c1-12-4-2-3-5-14(12)19-17(21)8-9-26(23,24)13-6-7-16-15(10-13)20-18(22)11-25-16/h6-7,10,12,14H,2-5,8-9,11H2,1H3,(H,19,21)(H,20,22)/t12-,14-/m0/s1. The first kappa shape index (κ1) is 19.2. The highest BCUT2D eigenvalue weighted by atomic mass is 32.2. The van der Waals surface area contributed by atoms with Crippen molar-refractivity contribution in [3.8, 4) is 0 Å². The van der Waals surface area contributed by atoms with Gasteiger partial charge >= 0.3 is 0 Å². The second kappa shape index (κ2) is 8.00. The Morgan fingerprint density at radius 3 is 2.85 bits per heavy atom. The maximum Gasteiger partial charge on any atom is 0.234 e. The molecule has 6 nitrogen and oxygen atoms in total. The number of carbonyl (C=O) groups excluding carboxylic acids is 2. The van der Waals surface area contributed by atoms with Crippen molar-refractivity contribution in [3.63, 3.8) is 0 Å². The van der Waals surface area contributed by atoms with Crippen molar-refractivity contribution < 1.29 is 18.0 Å². The predicted molar refractivity (Wildman–Crippen MR) is 102 cm³/mol. The van der Waals surface area contributed by atoms with Crippen LogP contribution in [0.3, 0.4) is 0 Å². The molecule has 1 aromatic rings. The van der Waals surface area contributed by atoms with Crippen LogP contribution in [-0.2, 0) is 19.4 Å². The van der Waals surface area contributed by atoms with Crippen molar-refractivity contribution in [1.82, 2.24) is 5.32 Å². The molecule has 0 radical (unpaired) electrons. The summed E-state index contributed by atoms with van der Waals surface area (Å²) in [4.78, 5) is 24.6. The van der Waals surface area contributed by atoms with Gasteiger partial charge in [0, 0.05) is 17.4 Å². The van der Waals surface area contributed by atoms with Gasteiger partial charge in [0.15, 0.2) is 9.84 Å². The van der Waals surface area contributed by atoms with E-state index in [1.165, 1.54) is 24.2 Å². The van der Waals surface area contributed by atoms with Crippen molar-refractivity contribution in [2.24, 2.45) is 5.92 Å². The fourth-order valence-corrected chi connectivity index (χ4v) is 5.46. The fraction of sp³-hybridized carbons (Fsp3) is 0.556.